The van der Waals surface area contributed by atoms with Crippen molar-refractivity contribution in [1.29, 1.82) is 0 Å². The van der Waals surface area contributed by atoms with Gasteiger partial charge in [-0.25, -0.2) is 9.97 Å². The molecule has 0 saturated carbocycles. The first-order valence-corrected chi connectivity index (χ1v) is 17.4. The number of rotatable bonds is 3. The Hall–Kier alpha value is -7.04. The lowest BCUT2D eigenvalue weighted by Gasteiger charge is -2.17. The Kier molecular flexibility index (Phi) is 7.10. The second-order valence-electron chi connectivity index (χ2n) is 13.0. The van der Waals surface area contributed by atoms with Crippen LogP contribution in [0.3, 0.4) is 0 Å². The second kappa shape index (κ2) is 12.4. The average molecular weight is 667 g/mol. The van der Waals surface area contributed by atoms with Crippen LogP contribution in [-0.4, -0.2) is 9.97 Å². The monoisotopic (exact) mass is 666 g/mol. The van der Waals surface area contributed by atoms with Gasteiger partial charge in [0.15, 0.2) is 5.82 Å². The lowest BCUT2D eigenvalue weighted by atomic mass is 9.94. The Labute approximate surface area is 301 Å². The zero-order chi connectivity index (χ0) is 34.4. The van der Waals surface area contributed by atoms with Crippen LogP contribution in [0.1, 0.15) is 11.1 Å². The Morgan fingerprint density at radius 2 is 1.00 bits per heavy atom. The molecule has 1 aliphatic rings. The summed E-state index contributed by atoms with van der Waals surface area (Å²) < 4.78 is 13.5. The van der Waals surface area contributed by atoms with Crippen LogP contribution in [0, 0.1) is 0 Å². The van der Waals surface area contributed by atoms with E-state index in [1.54, 1.807) is 0 Å². The maximum absolute atomic E-state index is 7.01. The summed E-state index contributed by atoms with van der Waals surface area (Å²) in [7, 11) is 0. The number of nitrogens with zero attached hydrogens (tertiary/aromatic N) is 2. The first-order valence-electron chi connectivity index (χ1n) is 17.4. The molecule has 0 bridgehead atoms. The summed E-state index contributed by atoms with van der Waals surface area (Å²) in [6.45, 7) is 0. The van der Waals surface area contributed by atoms with E-state index in [4.69, 9.17) is 19.1 Å². The fourth-order valence-corrected chi connectivity index (χ4v) is 7.17. The number of ether oxygens (including phenoxy) is 1. The van der Waals surface area contributed by atoms with Crippen molar-refractivity contribution in [2.45, 2.75) is 0 Å². The molecule has 0 amide bonds. The molecule has 0 saturated heterocycles. The molecule has 2 aromatic heterocycles. The van der Waals surface area contributed by atoms with Gasteiger partial charge in [0.25, 0.3) is 0 Å². The van der Waals surface area contributed by atoms with Crippen LogP contribution >= 0.6 is 0 Å². The van der Waals surface area contributed by atoms with E-state index in [9.17, 15) is 0 Å². The SMILES string of the molecule is C1=Cc2ccc(-c3nc(-c4ccccc4)cc(-c4ccccc4)n3)cc2-c2cc3oc4ccccc4c3cc2Oc2ccccc2-c2ccccc21. The van der Waals surface area contributed by atoms with Crippen molar-refractivity contribution in [3.05, 3.63) is 181 Å². The number of para-hydroxylation sites is 2. The quantitative estimate of drug-likeness (QED) is 0.188. The van der Waals surface area contributed by atoms with Gasteiger partial charge in [0.1, 0.15) is 22.7 Å². The number of furan rings is 1. The summed E-state index contributed by atoms with van der Waals surface area (Å²) >= 11 is 0. The summed E-state index contributed by atoms with van der Waals surface area (Å²) in [6.07, 6.45) is 4.38. The third-order valence-electron chi connectivity index (χ3n) is 9.75. The van der Waals surface area contributed by atoms with Crippen molar-refractivity contribution in [3.8, 4) is 67.7 Å². The molecular formula is C48H30N2O2. The lowest BCUT2D eigenvalue weighted by Crippen LogP contribution is -1.97. The fourth-order valence-electron chi connectivity index (χ4n) is 7.17. The van der Waals surface area contributed by atoms with E-state index in [1.807, 2.05) is 66.7 Å². The van der Waals surface area contributed by atoms with Crippen molar-refractivity contribution >= 4 is 34.1 Å². The first kappa shape index (κ1) is 29.8. The zero-order valence-electron chi connectivity index (χ0n) is 28.0. The molecule has 0 fully saturated rings. The first-order chi connectivity index (χ1) is 25.7. The highest BCUT2D eigenvalue weighted by Gasteiger charge is 2.21. The standard InChI is InChI=1S/C48H30N2O2/c1-3-14-33(15-4-1)42-30-43(34-16-5-2-6-17-34)50-48(49-42)35-26-25-32-24-23-31-13-7-8-18-36(31)37-19-9-11-21-44(37)51-47-28-40-38-20-10-12-22-45(38)52-46(40)29-41(47)39(32)27-35/h1-30H. The van der Waals surface area contributed by atoms with Gasteiger partial charge in [-0.3, -0.25) is 0 Å². The Bertz CT molecular complexity index is 2760. The fraction of sp³-hybridized carbons (Fsp3) is 0. The molecule has 52 heavy (non-hydrogen) atoms. The van der Waals surface area contributed by atoms with E-state index >= 15 is 0 Å². The molecule has 10 rings (SSSR count). The molecule has 0 atom stereocenters. The van der Waals surface area contributed by atoms with E-state index in [0.29, 0.717) is 5.82 Å². The van der Waals surface area contributed by atoms with Crippen LogP contribution < -0.4 is 4.74 Å². The van der Waals surface area contributed by atoms with Gasteiger partial charge in [-0.15, -0.1) is 0 Å². The smallest absolute Gasteiger partial charge is 0.160 e. The molecule has 4 heteroatoms. The molecule has 4 nitrogen and oxygen atoms in total. The van der Waals surface area contributed by atoms with Crippen LogP contribution in [0.4, 0.5) is 0 Å². The molecule has 0 radical (unpaired) electrons. The van der Waals surface area contributed by atoms with E-state index < -0.39 is 0 Å². The van der Waals surface area contributed by atoms with Gasteiger partial charge in [0.05, 0.1) is 11.4 Å². The molecule has 0 aliphatic carbocycles. The minimum Gasteiger partial charge on any atom is -0.456 e. The molecule has 244 valence electrons. The molecule has 7 aromatic carbocycles. The predicted octanol–water partition coefficient (Wildman–Crippen LogP) is 13.0. The van der Waals surface area contributed by atoms with Crippen LogP contribution in [0.5, 0.6) is 11.5 Å². The number of benzene rings is 7. The van der Waals surface area contributed by atoms with Crippen molar-refractivity contribution in [3.63, 3.8) is 0 Å². The summed E-state index contributed by atoms with van der Waals surface area (Å²) in [4.78, 5) is 10.3. The van der Waals surface area contributed by atoms with Crippen LogP contribution in [0.25, 0.3) is 90.2 Å². The van der Waals surface area contributed by atoms with Crippen molar-refractivity contribution in [2.24, 2.45) is 0 Å². The van der Waals surface area contributed by atoms with Gasteiger partial charge in [0, 0.05) is 38.6 Å². The summed E-state index contributed by atoms with van der Waals surface area (Å²) in [5.74, 6) is 2.16. The average Bonchev–Trinajstić information content (AvgIpc) is 3.57. The molecular weight excluding hydrogens is 637 g/mol. The van der Waals surface area contributed by atoms with Gasteiger partial charge in [0.2, 0.25) is 0 Å². The molecule has 0 spiro atoms. The van der Waals surface area contributed by atoms with E-state index in [0.717, 1.165) is 94.9 Å². The Morgan fingerprint density at radius 3 is 1.77 bits per heavy atom. The molecule has 1 aliphatic heterocycles. The topological polar surface area (TPSA) is 48.2 Å². The summed E-state index contributed by atoms with van der Waals surface area (Å²) in [5, 5.41) is 2.05. The van der Waals surface area contributed by atoms with Crippen molar-refractivity contribution in [1.82, 2.24) is 9.97 Å². The van der Waals surface area contributed by atoms with Gasteiger partial charge >= 0.3 is 0 Å². The number of hydrogen-bond acceptors (Lipinski definition) is 4. The summed E-state index contributed by atoms with van der Waals surface area (Å²) in [5.41, 5.74) is 12.5. The van der Waals surface area contributed by atoms with Crippen molar-refractivity contribution in [2.75, 3.05) is 0 Å². The lowest BCUT2D eigenvalue weighted by molar-refractivity contribution is 0.487. The van der Waals surface area contributed by atoms with Crippen LogP contribution in [-0.2, 0) is 0 Å². The van der Waals surface area contributed by atoms with E-state index in [2.05, 4.69) is 115 Å². The maximum Gasteiger partial charge on any atom is 0.160 e. The zero-order valence-corrected chi connectivity index (χ0v) is 28.0. The largest absolute Gasteiger partial charge is 0.456 e. The molecule has 9 aromatic rings. The minimum atomic E-state index is 0.643. The number of aromatic nitrogens is 2. The maximum atomic E-state index is 7.01. The highest BCUT2D eigenvalue weighted by atomic mass is 16.5. The number of fused-ring (bicyclic) bond motifs is 9. The third kappa shape index (κ3) is 5.26. The predicted molar refractivity (Wildman–Crippen MR) is 212 cm³/mol. The van der Waals surface area contributed by atoms with E-state index in [-0.39, 0.29) is 0 Å². The highest BCUT2D eigenvalue weighted by Crippen LogP contribution is 2.45. The van der Waals surface area contributed by atoms with Crippen LogP contribution in [0.2, 0.25) is 0 Å². The minimum absolute atomic E-state index is 0.643. The normalized spacial score (nSPS) is 11.9. The molecule has 3 heterocycles. The van der Waals surface area contributed by atoms with Gasteiger partial charge in [-0.2, -0.15) is 0 Å². The highest BCUT2D eigenvalue weighted by molar-refractivity contribution is 6.07. The Balaban J connectivity index is 1.24. The van der Waals surface area contributed by atoms with Gasteiger partial charge in [-0.05, 0) is 58.7 Å². The van der Waals surface area contributed by atoms with Crippen molar-refractivity contribution < 1.29 is 9.15 Å². The molecule has 0 unspecified atom stereocenters. The molecule has 0 N–H and O–H groups in total. The van der Waals surface area contributed by atoms with Gasteiger partial charge < -0.3 is 9.15 Å². The van der Waals surface area contributed by atoms with Crippen LogP contribution in [0.15, 0.2) is 174 Å². The van der Waals surface area contributed by atoms with Gasteiger partial charge in [-0.1, -0.05) is 146 Å². The number of hydrogen-bond donors (Lipinski definition) is 0. The van der Waals surface area contributed by atoms with E-state index in [1.165, 1.54) is 0 Å². The third-order valence-corrected chi connectivity index (χ3v) is 9.75. The Morgan fingerprint density at radius 1 is 0.365 bits per heavy atom. The second-order valence-corrected chi connectivity index (χ2v) is 13.0. The summed E-state index contributed by atoms with van der Waals surface area (Å²) in [6, 6.07) is 58.2.